The summed E-state index contributed by atoms with van der Waals surface area (Å²) >= 11 is 0. The van der Waals surface area contributed by atoms with Gasteiger partial charge in [0.2, 0.25) is 0 Å². The number of amides is 1. The smallest absolute Gasteiger partial charge is 0.257 e. The standard InChI is InChI=1S/C24H29N3O3/c1-17-6-8-18(9-7-17)22-15-21(20-11-10-19(29-2)14-23(20)30-3)25-27(22)24(28)16-26-12-4-5-13-26/h6-11,14,22H,4-5,12-13,15-16H2,1-3H3. The molecule has 0 aromatic heterocycles. The van der Waals surface area contributed by atoms with Crippen molar-refractivity contribution in [1.29, 1.82) is 0 Å². The Hall–Kier alpha value is -2.86. The number of carbonyl (C=O) groups excluding carboxylic acids is 1. The quantitative estimate of drug-likeness (QED) is 0.731. The molecule has 0 saturated carbocycles. The van der Waals surface area contributed by atoms with Gasteiger partial charge in [-0.1, -0.05) is 29.8 Å². The van der Waals surface area contributed by atoms with Crippen LogP contribution in [0, 0.1) is 6.92 Å². The van der Waals surface area contributed by atoms with Crippen molar-refractivity contribution < 1.29 is 14.3 Å². The highest BCUT2D eigenvalue weighted by atomic mass is 16.5. The Morgan fingerprint density at radius 2 is 1.80 bits per heavy atom. The van der Waals surface area contributed by atoms with Gasteiger partial charge >= 0.3 is 0 Å². The van der Waals surface area contributed by atoms with Gasteiger partial charge in [0.25, 0.3) is 5.91 Å². The molecule has 6 nitrogen and oxygen atoms in total. The average molecular weight is 408 g/mol. The fourth-order valence-electron chi connectivity index (χ4n) is 4.19. The molecule has 4 rings (SSSR count). The molecule has 0 N–H and O–H groups in total. The van der Waals surface area contributed by atoms with Crippen LogP contribution in [-0.2, 0) is 4.79 Å². The second-order valence-corrected chi connectivity index (χ2v) is 7.97. The summed E-state index contributed by atoms with van der Waals surface area (Å²) in [7, 11) is 3.27. The number of benzene rings is 2. The Morgan fingerprint density at radius 1 is 1.07 bits per heavy atom. The number of nitrogens with zero attached hydrogens (tertiary/aromatic N) is 3. The van der Waals surface area contributed by atoms with E-state index in [9.17, 15) is 4.79 Å². The number of rotatable bonds is 6. The van der Waals surface area contributed by atoms with Crippen LogP contribution in [0.15, 0.2) is 47.6 Å². The molecule has 0 bridgehead atoms. The predicted molar refractivity (Wildman–Crippen MR) is 117 cm³/mol. The third-order valence-corrected chi connectivity index (χ3v) is 5.91. The van der Waals surface area contributed by atoms with Gasteiger partial charge in [0.1, 0.15) is 11.5 Å². The van der Waals surface area contributed by atoms with Crippen molar-refractivity contribution in [2.24, 2.45) is 5.10 Å². The molecule has 1 amide bonds. The molecule has 2 aromatic rings. The summed E-state index contributed by atoms with van der Waals surface area (Å²) in [5, 5.41) is 6.48. The summed E-state index contributed by atoms with van der Waals surface area (Å²) in [6.45, 7) is 4.45. The van der Waals surface area contributed by atoms with Gasteiger partial charge in [0.05, 0.1) is 32.5 Å². The SMILES string of the molecule is COc1ccc(C2=NN(C(=O)CN3CCCC3)C(c3ccc(C)cc3)C2)c(OC)c1. The van der Waals surface area contributed by atoms with E-state index in [-0.39, 0.29) is 11.9 Å². The third-order valence-electron chi connectivity index (χ3n) is 5.91. The molecule has 2 aliphatic heterocycles. The van der Waals surface area contributed by atoms with Crippen molar-refractivity contribution in [3.8, 4) is 11.5 Å². The molecule has 2 aliphatic rings. The first-order valence-electron chi connectivity index (χ1n) is 10.5. The zero-order valence-corrected chi connectivity index (χ0v) is 17.9. The summed E-state index contributed by atoms with van der Waals surface area (Å²) in [5.74, 6) is 1.47. The van der Waals surface area contributed by atoms with E-state index in [4.69, 9.17) is 14.6 Å². The number of likely N-dealkylation sites (tertiary alicyclic amines) is 1. The van der Waals surface area contributed by atoms with Gasteiger partial charge in [-0.2, -0.15) is 5.10 Å². The fraction of sp³-hybridized carbons (Fsp3) is 0.417. The molecule has 1 saturated heterocycles. The van der Waals surface area contributed by atoms with E-state index in [0.29, 0.717) is 18.7 Å². The number of carbonyl (C=O) groups is 1. The number of methoxy groups -OCH3 is 2. The van der Waals surface area contributed by atoms with Crippen LogP contribution in [0.1, 0.15) is 42.0 Å². The topological polar surface area (TPSA) is 54.4 Å². The van der Waals surface area contributed by atoms with Gasteiger partial charge in [-0.3, -0.25) is 9.69 Å². The number of hydrazone groups is 1. The van der Waals surface area contributed by atoms with Gasteiger partial charge in [0.15, 0.2) is 0 Å². The summed E-state index contributed by atoms with van der Waals surface area (Å²) in [5.41, 5.74) is 4.05. The Morgan fingerprint density at radius 3 is 2.47 bits per heavy atom. The lowest BCUT2D eigenvalue weighted by atomic mass is 9.97. The normalized spacial score (nSPS) is 19.1. The lowest BCUT2D eigenvalue weighted by Crippen LogP contribution is -2.36. The van der Waals surface area contributed by atoms with Crippen molar-refractivity contribution in [2.45, 2.75) is 32.2 Å². The Balaban J connectivity index is 1.66. The molecule has 30 heavy (non-hydrogen) atoms. The molecule has 0 spiro atoms. The van der Waals surface area contributed by atoms with E-state index in [1.165, 1.54) is 5.56 Å². The van der Waals surface area contributed by atoms with Crippen LogP contribution in [0.2, 0.25) is 0 Å². The summed E-state index contributed by atoms with van der Waals surface area (Å²) in [4.78, 5) is 15.4. The lowest BCUT2D eigenvalue weighted by molar-refractivity contribution is -0.134. The number of ether oxygens (including phenoxy) is 2. The van der Waals surface area contributed by atoms with Gasteiger partial charge in [-0.05, 0) is 50.6 Å². The molecule has 2 heterocycles. The highest BCUT2D eigenvalue weighted by Gasteiger charge is 2.34. The predicted octanol–water partition coefficient (Wildman–Crippen LogP) is 3.79. The summed E-state index contributed by atoms with van der Waals surface area (Å²) < 4.78 is 10.9. The van der Waals surface area contributed by atoms with Gasteiger partial charge in [0, 0.05) is 18.1 Å². The van der Waals surface area contributed by atoms with Crippen molar-refractivity contribution in [2.75, 3.05) is 33.9 Å². The van der Waals surface area contributed by atoms with Crippen LogP contribution in [0.4, 0.5) is 0 Å². The maximum atomic E-state index is 13.2. The summed E-state index contributed by atoms with van der Waals surface area (Å²) in [6.07, 6.45) is 2.97. The van der Waals surface area contributed by atoms with E-state index < -0.39 is 0 Å². The van der Waals surface area contributed by atoms with Gasteiger partial charge < -0.3 is 9.47 Å². The first-order chi connectivity index (χ1) is 14.6. The Kier molecular flexibility index (Phi) is 6.04. The molecule has 2 aromatic carbocycles. The van der Waals surface area contributed by atoms with E-state index in [1.807, 2.05) is 18.2 Å². The summed E-state index contributed by atoms with van der Waals surface area (Å²) in [6, 6.07) is 14.0. The van der Waals surface area contributed by atoms with Crippen molar-refractivity contribution in [1.82, 2.24) is 9.91 Å². The fourth-order valence-corrected chi connectivity index (χ4v) is 4.19. The van der Waals surface area contributed by atoms with Crippen molar-refractivity contribution in [3.05, 3.63) is 59.2 Å². The van der Waals surface area contributed by atoms with E-state index >= 15 is 0 Å². The average Bonchev–Trinajstić information content (AvgIpc) is 3.44. The van der Waals surface area contributed by atoms with E-state index in [0.717, 1.165) is 48.5 Å². The highest BCUT2D eigenvalue weighted by molar-refractivity contribution is 6.05. The second-order valence-electron chi connectivity index (χ2n) is 7.97. The minimum Gasteiger partial charge on any atom is -0.497 e. The highest BCUT2D eigenvalue weighted by Crippen LogP contribution is 2.36. The van der Waals surface area contributed by atoms with Crippen molar-refractivity contribution in [3.63, 3.8) is 0 Å². The third kappa shape index (κ3) is 4.19. The molecule has 1 unspecified atom stereocenters. The molecule has 0 radical (unpaired) electrons. The Bertz CT molecular complexity index is 933. The number of hydrogen-bond acceptors (Lipinski definition) is 5. The monoisotopic (exact) mass is 407 g/mol. The molecule has 1 atom stereocenters. The largest absolute Gasteiger partial charge is 0.497 e. The Labute approximate surface area is 178 Å². The van der Waals surface area contributed by atoms with Crippen LogP contribution >= 0.6 is 0 Å². The van der Waals surface area contributed by atoms with Crippen LogP contribution in [0.5, 0.6) is 11.5 Å². The minimum absolute atomic E-state index is 0.0463. The first kappa shape index (κ1) is 20.4. The van der Waals surface area contributed by atoms with Crippen LogP contribution in [-0.4, -0.2) is 55.4 Å². The zero-order chi connectivity index (χ0) is 21.1. The van der Waals surface area contributed by atoms with Crippen molar-refractivity contribution >= 4 is 11.6 Å². The molecule has 1 fully saturated rings. The van der Waals surface area contributed by atoms with Crippen LogP contribution < -0.4 is 9.47 Å². The molecular weight excluding hydrogens is 378 g/mol. The number of hydrogen-bond donors (Lipinski definition) is 0. The van der Waals surface area contributed by atoms with Gasteiger partial charge in [-0.25, -0.2) is 5.01 Å². The van der Waals surface area contributed by atoms with Crippen LogP contribution in [0.25, 0.3) is 0 Å². The lowest BCUT2D eigenvalue weighted by Gasteiger charge is -2.24. The van der Waals surface area contributed by atoms with Gasteiger partial charge in [-0.15, -0.1) is 0 Å². The molecule has 158 valence electrons. The minimum atomic E-state index is -0.109. The molecule has 0 aliphatic carbocycles. The first-order valence-corrected chi connectivity index (χ1v) is 10.5. The second kappa shape index (κ2) is 8.88. The maximum Gasteiger partial charge on any atom is 0.257 e. The van der Waals surface area contributed by atoms with E-state index in [1.54, 1.807) is 19.2 Å². The van der Waals surface area contributed by atoms with Crippen LogP contribution in [0.3, 0.4) is 0 Å². The van der Waals surface area contributed by atoms with E-state index in [2.05, 4.69) is 36.1 Å². The zero-order valence-electron chi connectivity index (χ0n) is 17.9. The number of aryl methyl sites for hydroxylation is 1. The maximum absolute atomic E-state index is 13.2. The molecule has 6 heteroatoms. The molecular formula is C24H29N3O3.